The molecule has 1 rings (SSSR count). The van der Waals surface area contributed by atoms with Crippen molar-refractivity contribution in [2.75, 3.05) is 37.9 Å². The molecule has 1 aromatic heterocycles. The highest BCUT2D eigenvalue weighted by Crippen LogP contribution is 2.21. The molecule has 0 unspecified atom stereocenters. The summed E-state index contributed by atoms with van der Waals surface area (Å²) >= 11 is 0. The lowest BCUT2D eigenvalue weighted by atomic mass is 10.4. The first-order valence-corrected chi connectivity index (χ1v) is 6.45. The van der Waals surface area contributed by atoms with Crippen LogP contribution in [0.15, 0.2) is 12.1 Å². The Morgan fingerprint density at radius 2 is 2.20 bits per heavy atom. The molecule has 112 valence electrons. The van der Waals surface area contributed by atoms with E-state index >= 15 is 0 Å². The van der Waals surface area contributed by atoms with Crippen LogP contribution in [0.2, 0.25) is 0 Å². The second kappa shape index (κ2) is 8.21. The highest BCUT2D eigenvalue weighted by atomic mass is 16.5. The summed E-state index contributed by atoms with van der Waals surface area (Å²) in [6.45, 7) is 4.88. The lowest BCUT2D eigenvalue weighted by Gasteiger charge is -2.13. The van der Waals surface area contributed by atoms with E-state index < -0.39 is 0 Å². The molecule has 1 amide bonds. The lowest BCUT2D eigenvalue weighted by molar-refractivity contribution is -0.119. The van der Waals surface area contributed by atoms with Crippen molar-refractivity contribution in [3.8, 4) is 5.88 Å². The van der Waals surface area contributed by atoms with Gasteiger partial charge < -0.3 is 25.8 Å². The van der Waals surface area contributed by atoms with E-state index in [-0.39, 0.29) is 18.6 Å². The van der Waals surface area contributed by atoms with Crippen LogP contribution in [0.3, 0.4) is 0 Å². The van der Waals surface area contributed by atoms with Crippen molar-refractivity contribution in [1.29, 1.82) is 0 Å². The van der Waals surface area contributed by atoms with Gasteiger partial charge >= 0.3 is 0 Å². The van der Waals surface area contributed by atoms with Crippen molar-refractivity contribution in [1.82, 2.24) is 10.3 Å². The van der Waals surface area contributed by atoms with Gasteiger partial charge in [0.25, 0.3) is 0 Å². The smallest absolute Gasteiger partial charge is 0.239 e. The summed E-state index contributed by atoms with van der Waals surface area (Å²) in [5.41, 5.74) is 6.23. The summed E-state index contributed by atoms with van der Waals surface area (Å²) < 4.78 is 10.3. The van der Waals surface area contributed by atoms with Crippen molar-refractivity contribution >= 4 is 17.4 Å². The Hall–Kier alpha value is -2.02. The molecule has 1 heterocycles. The topological polar surface area (TPSA) is 98.5 Å². The highest BCUT2D eigenvalue weighted by Gasteiger charge is 2.07. The zero-order valence-corrected chi connectivity index (χ0v) is 12.1. The zero-order chi connectivity index (χ0) is 15.0. The molecule has 20 heavy (non-hydrogen) atoms. The van der Waals surface area contributed by atoms with Crippen molar-refractivity contribution in [3.63, 3.8) is 0 Å². The number of nitrogens with zero attached hydrogens (tertiary/aromatic N) is 1. The maximum atomic E-state index is 11.5. The molecule has 0 aliphatic heterocycles. The number of aromatic nitrogens is 1. The van der Waals surface area contributed by atoms with Gasteiger partial charge in [0.05, 0.1) is 24.9 Å². The van der Waals surface area contributed by atoms with Gasteiger partial charge in [-0.1, -0.05) is 0 Å². The number of nitrogens with two attached hydrogens (primary N) is 1. The van der Waals surface area contributed by atoms with Crippen LogP contribution in [-0.4, -0.2) is 43.8 Å². The molecule has 0 saturated heterocycles. The van der Waals surface area contributed by atoms with Crippen molar-refractivity contribution in [2.24, 2.45) is 0 Å². The summed E-state index contributed by atoms with van der Waals surface area (Å²) in [5, 5.41) is 5.61. The molecule has 0 aromatic carbocycles. The van der Waals surface area contributed by atoms with E-state index in [2.05, 4.69) is 15.6 Å². The first-order valence-electron chi connectivity index (χ1n) is 6.45. The number of hydrogen-bond acceptors (Lipinski definition) is 6. The van der Waals surface area contributed by atoms with Gasteiger partial charge in [0.2, 0.25) is 11.8 Å². The number of anilines is 2. The minimum absolute atomic E-state index is 0.0163. The third-order valence-corrected chi connectivity index (χ3v) is 2.30. The van der Waals surface area contributed by atoms with Crippen LogP contribution in [0.5, 0.6) is 5.88 Å². The number of rotatable bonds is 8. The molecule has 0 fully saturated rings. The number of carbonyl (C=O) groups is 1. The fourth-order valence-electron chi connectivity index (χ4n) is 1.39. The summed E-state index contributed by atoms with van der Waals surface area (Å²) in [6, 6.07) is 3.39. The van der Waals surface area contributed by atoms with Gasteiger partial charge in [-0.15, -0.1) is 0 Å². The van der Waals surface area contributed by atoms with Crippen LogP contribution in [-0.2, 0) is 9.53 Å². The molecule has 7 heteroatoms. The Bertz CT molecular complexity index is 438. The second-order valence-corrected chi connectivity index (χ2v) is 4.45. The molecule has 7 nitrogen and oxygen atoms in total. The predicted molar refractivity (Wildman–Crippen MR) is 77.8 cm³/mol. The quantitative estimate of drug-likeness (QED) is 0.605. The Kier molecular flexibility index (Phi) is 6.58. The van der Waals surface area contributed by atoms with E-state index in [1.807, 2.05) is 13.8 Å². The Morgan fingerprint density at radius 3 is 2.85 bits per heavy atom. The maximum Gasteiger partial charge on any atom is 0.239 e. The SMILES string of the molecule is COCCNC(=O)CNc1ccc(N)c(OC(C)C)n1. The average molecular weight is 282 g/mol. The van der Waals surface area contributed by atoms with E-state index in [1.165, 1.54) is 0 Å². The van der Waals surface area contributed by atoms with Gasteiger partial charge in [-0.2, -0.15) is 4.98 Å². The van der Waals surface area contributed by atoms with Crippen LogP contribution in [0.4, 0.5) is 11.5 Å². The van der Waals surface area contributed by atoms with Gasteiger partial charge in [-0.3, -0.25) is 4.79 Å². The third kappa shape index (κ3) is 5.75. The zero-order valence-electron chi connectivity index (χ0n) is 12.1. The summed E-state index contributed by atoms with van der Waals surface area (Å²) in [6.07, 6.45) is -0.0163. The molecule has 0 atom stereocenters. The molecule has 0 saturated carbocycles. The average Bonchev–Trinajstić information content (AvgIpc) is 2.39. The normalized spacial score (nSPS) is 10.4. The molecule has 0 radical (unpaired) electrons. The fraction of sp³-hybridized carbons (Fsp3) is 0.538. The van der Waals surface area contributed by atoms with Gasteiger partial charge in [0.15, 0.2) is 0 Å². The Morgan fingerprint density at radius 1 is 1.45 bits per heavy atom. The third-order valence-electron chi connectivity index (χ3n) is 2.30. The number of methoxy groups -OCH3 is 1. The predicted octanol–water partition coefficient (Wildman–Crippen LogP) is 0.626. The van der Waals surface area contributed by atoms with Crippen molar-refractivity contribution in [3.05, 3.63) is 12.1 Å². The van der Waals surface area contributed by atoms with Crippen molar-refractivity contribution < 1.29 is 14.3 Å². The van der Waals surface area contributed by atoms with Crippen molar-refractivity contribution in [2.45, 2.75) is 20.0 Å². The molecule has 1 aromatic rings. The van der Waals surface area contributed by atoms with E-state index in [1.54, 1.807) is 19.2 Å². The number of ether oxygens (including phenoxy) is 2. The highest BCUT2D eigenvalue weighted by molar-refractivity contribution is 5.80. The van der Waals surface area contributed by atoms with Crippen LogP contribution in [0.25, 0.3) is 0 Å². The maximum absolute atomic E-state index is 11.5. The summed E-state index contributed by atoms with van der Waals surface area (Å²) in [4.78, 5) is 15.7. The first kappa shape index (κ1) is 16.0. The number of amides is 1. The first-order chi connectivity index (χ1) is 9.52. The van der Waals surface area contributed by atoms with Crippen LogP contribution < -0.4 is 21.1 Å². The standard InChI is InChI=1S/C13H22N4O3/c1-9(2)20-13-10(14)4-5-11(17-13)16-8-12(18)15-6-7-19-3/h4-5,9H,6-8,14H2,1-3H3,(H,15,18)(H,16,17). The van der Waals surface area contributed by atoms with E-state index in [4.69, 9.17) is 15.2 Å². The lowest BCUT2D eigenvalue weighted by Crippen LogP contribution is -2.32. The van der Waals surface area contributed by atoms with Gasteiger partial charge in [-0.25, -0.2) is 0 Å². The van der Waals surface area contributed by atoms with Crippen LogP contribution in [0.1, 0.15) is 13.8 Å². The Labute approximate surface area is 118 Å². The minimum Gasteiger partial charge on any atom is -0.473 e. The molecule has 0 bridgehead atoms. The molecule has 0 spiro atoms. The van der Waals surface area contributed by atoms with Gasteiger partial charge in [-0.05, 0) is 26.0 Å². The van der Waals surface area contributed by atoms with E-state index in [9.17, 15) is 4.79 Å². The largest absolute Gasteiger partial charge is 0.473 e. The molecule has 0 aliphatic rings. The van der Waals surface area contributed by atoms with Gasteiger partial charge in [0, 0.05) is 13.7 Å². The Balaban J connectivity index is 2.49. The number of carbonyl (C=O) groups excluding carboxylic acids is 1. The summed E-state index contributed by atoms with van der Waals surface area (Å²) in [7, 11) is 1.58. The molecule has 4 N–H and O–H groups in total. The number of nitrogens with one attached hydrogen (secondary N) is 2. The molecular weight excluding hydrogens is 260 g/mol. The van der Waals surface area contributed by atoms with E-state index in [0.29, 0.717) is 30.5 Å². The van der Waals surface area contributed by atoms with Crippen LogP contribution in [0, 0.1) is 0 Å². The van der Waals surface area contributed by atoms with Crippen LogP contribution >= 0.6 is 0 Å². The van der Waals surface area contributed by atoms with Gasteiger partial charge in [0.1, 0.15) is 5.82 Å². The minimum atomic E-state index is -0.132. The number of nitrogen functional groups attached to an aromatic ring is 1. The molecular formula is C13H22N4O3. The van der Waals surface area contributed by atoms with E-state index in [0.717, 1.165) is 0 Å². The monoisotopic (exact) mass is 282 g/mol. The number of pyridine rings is 1. The number of hydrogen-bond donors (Lipinski definition) is 3. The fourth-order valence-corrected chi connectivity index (χ4v) is 1.39. The summed E-state index contributed by atoms with van der Waals surface area (Å²) in [5.74, 6) is 0.772. The second-order valence-electron chi connectivity index (χ2n) is 4.45. The molecule has 0 aliphatic carbocycles.